The SMILES string of the molecule is O=C(Nc1ccc(-c2ccnc(Nc3ccc(N4CCN(C(=O)C5CCCO5)CC4)cc3)n2)cc1)C1CCCN1. The first-order chi connectivity index (χ1) is 19.6. The number of nitrogens with one attached hydrogen (secondary N) is 3. The zero-order valence-electron chi connectivity index (χ0n) is 22.5. The van der Waals surface area contributed by atoms with Crippen molar-refractivity contribution in [3.8, 4) is 11.3 Å². The number of benzene rings is 2. The molecule has 2 amide bonds. The van der Waals surface area contributed by atoms with Gasteiger partial charge in [-0.2, -0.15) is 0 Å². The van der Waals surface area contributed by atoms with Gasteiger partial charge in [0.15, 0.2) is 0 Å². The summed E-state index contributed by atoms with van der Waals surface area (Å²) in [4.78, 5) is 38.3. The Morgan fingerprint density at radius 2 is 1.68 bits per heavy atom. The van der Waals surface area contributed by atoms with E-state index in [2.05, 4.69) is 43.0 Å². The van der Waals surface area contributed by atoms with Crippen LogP contribution in [-0.4, -0.2) is 78.2 Å². The van der Waals surface area contributed by atoms with Crippen LogP contribution >= 0.6 is 0 Å². The Hall–Kier alpha value is -4.02. The number of hydrogen-bond donors (Lipinski definition) is 3. The molecule has 3 aliphatic heterocycles. The van der Waals surface area contributed by atoms with Crippen molar-refractivity contribution < 1.29 is 14.3 Å². The van der Waals surface area contributed by atoms with Crippen LogP contribution in [0.4, 0.5) is 23.0 Å². The van der Waals surface area contributed by atoms with Crippen molar-refractivity contribution in [2.75, 3.05) is 54.9 Å². The minimum Gasteiger partial charge on any atom is -0.368 e. The number of anilines is 4. The van der Waals surface area contributed by atoms with Gasteiger partial charge in [0.25, 0.3) is 5.91 Å². The summed E-state index contributed by atoms with van der Waals surface area (Å²) in [6.07, 6.45) is 5.20. The summed E-state index contributed by atoms with van der Waals surface area (Å²) in [7, 11) is 0. The van der Waals surface area contributed by atoms with Crippen molar-refractivity contribution in [3.05, 3.63) is 60.8 Å². The van der Waals surface area contributed by atoms with Crippen LogP contribution in [0, 0.1) is 0 Å². The van der Waals surface area contributed by atoms with Gasteiger partial charge >= 0.3 is 0 Å². The Bertz CT molecular complexity index is 1310. The molecule has 40 heavy (non-hydrogen) atoms. The first-order valence-electron chi connectivity index (χ1n) is 14.1. The zero-order valence-corrected chi connectivity index (χ0v) is 22.5. The van der Waals surface area contributed by atoms with Crippen molar-refractivity contribution in [1.82, 2.24) is 20.2 Å². The number of carbonyl (C=O) groups excluding carboxylic acids is 2. The van der Waals surface area contributed by atoms with E-state index in [1.54, 1.807) is 6.20 Å². The highest BCUT2D eigenvalue weighted by atomic mass is 16.5. The van der Waals surface area contributed by atoms with Gasteiger partial charge in [-0.05, 0) is 74.7 Å². The number of amides is 2. The molecule has 2 unspecified atom stereocenters. The first kappa shape index (κ1) is 26.2. The molecule has 0 radical (unpaired) electrons. The van der Waals surface area contributed by atoms with Gasteiger partial charge in [0, 0.05) is 61.6 Å². The molecular weight excluding hydrogens is 506 g/mol. The fraction of sp³-hybridized carbons (Fsp3) is 0.400. The second-order valence-corrected chi connectivity index (χ2v) is 10.5. The third kappa shape index (κ3) is 6.08. The molecule has 2 aromatic carbocycles. The number of hydrogen-bond acceptors (Lipinski definition) is 8. The second kappa shape index (κ2) is 12.0. The fourth-order valence-corrected chi connectivity index (χ4v) is 5.49. The van der Waals surface area contributed by atoms with Crippen LogP contribution < -0.4 is 20.9 Å². The van der Waals surface area contributed by atoms with Crippen molar-refractivity contribution in [2.45, 2.75) is 37.8 Å². The molecule has 0 saturated carbocycles. The van der Waals surface area contributed by atoms with Crippen LogP contribution in [0.2, 0.25) is 0 Å². The summed E-state index contributed by atoms with van der Waals surface area (Å²) < 4.78 is 5.57. The minimum absolute atomic E-state index is 0.0107. The Kier molecular flexibility index (Phi) is 7.87. The van der Waals surface area contributed by atoms with E-state index in [1.165, 1.54) is 0 Å². The van der Waals surface area contributed by atoms with E-state index in [4.69, 9.17) is 4.74 Å². The summed E-state index contributed by atoms with van der Waals surface area (Å²) in [5.74, 6) is 0.659. The van der Waals surface area contributed by atoms with Crippen LogP contribution in [0.3, 0.4) is 0 Å². The summed E-state index contributed by atoms with van der Waals surface area (Å²) in [5, 5.41) is 9.49. The third-order valence-corrected chi connectivity index (χ3v) is 7.77. The summed E-state index contributed by atoms with van der Waals surface area (Å²) in [6, 6.07) is 17.7. The summed E-state index contributed by atoms with van der Waals surface area (Å²) in [6.45, 7) is 4.61. The number of nitrogens with zero attached hydrogens (tertiary/aromatic N) is 4. The molecule has 1 aromatic heterocycles. The smallest absolute Gasteiger partial charge is 0.251 e. The maximum atomic E-state index is 12.6. The molecule has 3 aromatic rings. The van der Waals surface area contributed by atoms with Gasteiger partial charge < -0.3 is 30.5 Å². The molecule has 208 valence electrons. The van der Waals surface area contributed by atoms with Gasteiger partial charge in [0.1, 0.15) is 6.10 Å². The van der Waals surface area contributed by atoms with Crippen LogP contribution in [0.5, 0.6) is 0 Å². The van der Waals surface area contributed by atoms with E-state index >= 15 is 0 Å². The van der Waals surface area contributed by atoms with Crippen LogP contribution in [0.15, 0.2) is 60.8 Å². The monoisotopic (exact) mass is 541 g/mol. The van der Waals surface area contributed by atoms with Gasteiger partial charge in [0.05, 0.1) is 11.7 Å². The number of aromatic nitrogens is 2. The Morgan fingerprint density at radius 1 is 0.900 bits per heavy atom. The molecule has 4 heterocycles. The average Bonchev–Trinajstić information content (AvgIpc) is 3.74. The quantitative estimate of drug-likeness (QED) is 0.417. The van der Waals surface area contributed by atoms with E-state index in [-0.39, 0.29) is 24.0 Å². The Balaban J connectivity index is 1.03. The molecule has 3 aliphatic rings. The standard InChI is InChI=1S/C30H35N7O3/c38-28(26-3-1-14-31-26)33-22-7-5-21(6-8-22)25-13-15-32-30(35-25)34-23-9-11-24(12-10-23)36-16-18-37(19-17-36)29(39)27-4-2-20-40-27/h5-13,15,26-27,31H,1-4,14,16-20H2,(H,33,38)(H,32,34,35). The molecule has 0 spiro atoms. The lowest BCUT2D eigenvalue weighted by atomic mass is 10.1. The summed E-state index contributed by atoms with van der Waals surface area (Å²) in [5.41, 5.74) is 4.52. The molecule has 10 heteroatoms. The lowest BCUT2D eigenvalue weighted by Gasteiger charge is -2.37. The van der Waals surface area contributed by atoms with Gasteiger partial charge in [0.2, 0.25) is 11.9 Å². The van der Waals surface area contributed by atoms with E-state index < -0.39 is 0 Å². The van der Waals surface area contributed by atoms with Crippen molar-refractivity contribution in [3.63, 3.8) is 0 Å². The van der Waals surface area contributed by atoms with Gasteiger partial charge in [-0.1, -0.05) is 12.1 Å². The van der Waals surface area contributed by atoms with E-state index in [9.17, 15) is 9.59 Å². The lowest BCUT2D eigenvalue weighted by Crippen LogP contribution is -2.51. The number of rotatable bonds is 7. The number of piperazine rings is 1. The molecule has 0 aliphatic carbocycles. The largest absolute Gasteiger partial charge is 0.368 e. The molecular formula is C30H35N7O3. The molecule has 0 bridgehead atoms. The molecule has 3 fully saturated rings. The highest BCUT2D eigenvalue weighted by Gasteiger charge is 2.30. The Morgan fingerprint density at radius 3 is 2.38 bits per heavy atom. The van der Waals surface area contributed by atoms with Crippen LogP contribution in [0.1, 0.15) is 25.7 Å². The van der Waals surface area contributed by atoms with Crippen LogP contribution in [-0.2, 0) is 14.3 Å². The average molecular weight is 542 g/mol. The normalized spacial score (nSPS) is 20.9. The first-order valence-corrected chi connectivity index (χ1v) is 14.1. The Labute approximate surface area is 234 Å². The second-order valence-electron chi connectivity index (χ2n) is 10.5. The zero-order chi connectivity index (χ0) is 27.3. The fourth-order valence-electron chi connectivity index (χ4n) is 5.49. The number of carbonyl (C=O) groups is 2. The van der Waals surface area contributed by atoms with E-state index in [0.717, 1.165) is 73.6 Å². The maximum absolute atomic E-state index is 12.6. The maximum Gasteiger partial charge on any atom is 0.251 e. The highest BCUT2D eigenvalue weighted by Crippen LogP contribution is 2.24. The molecule has 10 nitrogen and oxygen atoms in total. The lowest BCUT2D eigenvalue weighted by molar-refractivity contribution is -0.141. The van der Waals surface area contributed by atoms with Gasteiger partial charge in [-0.25, -0.2) is 9.97 Å². The highest BCUT2D eigenvalue weighted by molar-refractivity contribution is 5.95. The predicted octanol–water partition coefficient (Wildman–Crippen LogP) is 3.41. The molecule has 2 atom stereocenters. The van der Waals surface area contributed by atoms with Crippen LogP contribution in [0.25, 0.3) is 11.3 Å². The summed E-state index contributed by atoms with van der Waals surface area (Å²) >= 11 is 0. The van der Waals surface area contributed by atoms with Crippen molar-refractivity contribution >= 4 is 34.8 Å². The van der Waals surface area contributed by atoms with Crippen molar-refractivity contribution in [2.24, 2.45) is 0 Å². The molecule has 6 rings (SSSR count). The van der Waals surface area contributed by atoms with Crippen molar-refractivity contribution in [1.29, 1.82) is 0 Å². The third-order valence-electron chi connectivity index (χ3n) is 7.77. The van der Waals surface area contributed by atoms with Gasteiger partial charge in [-0.15, -0.1) is 0 Å². The van der Waals surface area contributed by atoms with Gasteiger partial charge in [-0.3, -0.25) is 9.59 Å². The number of ether oxygens (including phenoxy) is 1. The molecule has 3 N–H and O–H groups in total. The minimum atomic E-state index is -0.247. The molecule has 3 saturated heterocycles. The van der Waals surface area contributed by atoms with E-state index in [1.807, 2.05) is 47.4 Å². The topological polar surface area (TPSA) is 112 Å². The predicted molar refractivity (Wildman–Crippen MR) is 155 cm³/mol. The van der Waals surface area contributed by atoms with E-state index in [0.29, 0.717) is 25.6 Å².